The lowest BCUT2D eigenvalue weighted by Gasteiger charge is -2.10. The number of nitrogens with zero attached hydrogens (tertiary/aromatic N) is 7. The molecular weight excluding hydrogens is 954 g/mol. The third-order valence-corrected chi connectivity index (χ3v) is 12.1. The number of hydrogen-bond donors (Lipinski definition) is 0. The number of benzene rings is 8. The van der Waals surface area contributed by atoms with Gasteiger partial charge in [0.2, 0.25) is 11.2 Å². The maximum atomic E-state index is 5.99. The van der Waals surface area contributed by atoms with Gasteiger partial charge in [-0.2, -0.15) is 19.9 Å². The highest BCUT2D eigenvalue weighted by atomic mass is 79.9. The Bertz CT molecular complexity index is 3330. The van der Waals surface area contributed by atoms with E-state index in [0.717, 1.165) is 59.4 Å². The molecule has 7 nitrogen and oxygen atoms in total. The monoisotopic (exact) mass is 987 g/mol. The number of para-hydroxylation sites is 1. The maximum Gasteiger partial charge on any atom is 0.238 e. The first-order valence-electron chi connectivity index (χ1n) is 20.9. The van der Waals surface area contributed by atoms with Gasteiger partial charge >= 0.3 is 0 Å². The number of halogens is 3. The van der Waals surface area contributed by atoms with Gasteiger partial charge in [-0.1, -0.05) is 202 Å². The van der Waals surface area contributed by atoms with Crippen LogP contribution in [0.25, 0.3) is 84.4 Å². The highest BCUT2D eigenvalue weighted by Crippen LogP contribution is 2.38. The molecule has 0 bridgehead atoms. The molecule has 0 aliphatic heterocycles. The molecule has 8 aromatic carbocycles. The van der Waals surface area contributed by atoms with Crippen LogP contribution in [0.5, 0.6) is 0 Å². The second-order valence-corrected chi connectivity index (χ2v) is 17.3. The Kier molecular flexibility index (Phi) is 12.2. The molecule has 0 radical (unpaired) electrons. The van der Waals surface area contributed by atoms with Crippen LogP contribution in [0.2, 0.25) is 5.28 Å². The van der Waals surface area contributed by atoms with Crippen LogP contribution >= 0.6 is 43.5 Å². The average Bonchev–Trinajstić information content (AvgIpc) is 3.90. The normalized spacial score (nSPS) is 11.2. The first kappa shape index (κ1) is 41.8. The summed E-state index contributed by atoms with van der Waals surface area (Å²) in [5.41, 5.74) is 11.5. The second kappa shape index (κ2) is 18.9. The lowest BCUT2D eigenvalue weighted by atomic mass is 10.1. The molecule has 0 saturated heterocycles. The molecule has 10 heteroatoms. The summed E-state index contributed by atoms with van der Waals surface area (Å²) in [6.45, 7) is 0. The molecule has 12 rings (SSSR count). The summed E-state index contributed by atoms with van der Waals surface area (Å²) in [7, 11) is 0. The standard InChI is InChI=1S/C27H17BrN4.C15H10ClN3.C13H9Br/c28-20-15-16-24-22(17-20)21-13-7-8-14-23(21)32(24)27-30-25(18-9-3-1-4-10-18)29-26(31-27)19-11-5-2-6-12-19;16-15-18-13(11-7-3-1-4-8-11)17-14(19-15)12-9-5-2-6-10-12;14-11-6-5-10-7-9-3-1-2-4-12(9)13(10)8-11/h1-17H;1-10H;1-6,8H,7H2. The highest BCUT2D eigenvalue weighted by molar-refractivity contribution is 9.10. The minimum absolute atomic E-state index is 0.202. The third-order valence-electron chi connectivity index (χ3n) is 11.0. The Morgan fingerprint density at radius 1 is 0.369 bits per heavy atom. The zero-order valence-corrected chi connectivity index (χ0v) is 38.5. The summed E-state index contributed by atoms with van der Waals surface area (Å²) in [4.78, 5) is 27.5. The number of aromatic nitrogens is 7. The fraction of sp³-hybridized carbons (Fsp3) is 0.0182. The lowest BCUT2D eigenvalue weighted by Crippen LogP contribution is -2.06. The van der Waals surface area contributed by atoms with Gasteiger partial charge in [0.25, 0.3) is 0 Å². The molecule has 0 spiro atoms. The first-order chi connectivity index (χ1) is 31.9. The summed E-state index contributed by atoms with van der Waals surface area (Å²) >= 11 is 13.1. The fourth-order valence-electron chi connectivity index (χ4n) is 7.94. The van der Waals surface area contributed by atoms with E-state index in [9.17, 15) is 0 Å². The predicted molar refractivity (Wildman–Crippen MR) is 271 cm³/mol. The molecule has 312 valence electrons. The minimum Gasteiger partial charge on any atom is -0.278 e. The zero-order chi connectivity index (χ0) is 44.1. The molecule has 0 unspecified atom stereocenters. The van der Waals surface area contributed by atoms with E-state index in [1.165, 1.54) is 22.3 Å². The van der Waals surface area contributed by atoms with E-state index < -0.39 is 0 Å². The van der Waals surface area contributed by atoms with Gasteiger partial charge in [0.1, 0.15) is 0 Å². The third kappa shape index (κ3) is 9.13. The van der Waals surface area contributed by atoms with Crippen LogP contribution < -0.4 is 0 Å². The van der Waals surface area contributed by atoms with Crippen LogP contribution in [0.1, 0.15) is 11.1 Å². The molecule has 0 saturated carbocycles. The van der Waals surface area contributed by atoms with E-state index in [-0.39, 0.29) is 5.28 Å². The Morgan fingerprint density at radius 3 is 1.37 bits per heavy atom. The van der Waals surface area contributed by atoms with E-state index in [2.05, 4.69) is 130 Å². The van der Waals surface area contributed by atoms with E-state index in [0.29, 0.717) is 29.2 Å². The van der Waals surface area contributed by atoms with Crippen molar-refractivity contribution in [3.63, 3.8) is 0 Å². The van der Waals surface area contributed by atoms with Gasteiger partial charge in [0.05, 0.1) is 11.0 Å². The van der Waals surface area contributed by atoms with Crippen LogP contribution in [0, 0.1) is 0 Å². The molecule has 3 heterocycles. The lowest BCUT2D eigenvalue weighted by molar-refractivity contribution is 0.953. The van der Waals surface area contributed by atoms with Gasteiger partial charge in [-0.3, -0.25) is 4.57 Å². The van der Waals surface area contributed by atoms with Crippen LogP contribution in [0.4, 0.5) is 0 Å². The zero-order valence-electron chi connectivity index (χ0n) is 34.6. The van der Waals surface area contributed by atoms with Crippen molar-refractivity contribution in [2.75, 3.05) is 0 Å². The molecule has 0 N–H and O–H groups in total. The molecular formula is C55H36Br2ClN7. The summed E-state index contributed by atoms with van der Waals surface area (Å²) < 4.78 is 4.32. The molecule has 11 aromatic rings. The van der Waals surface area contributed by atoms with Crippen LogP contribution in [-0.4, -0.2) is 34.5 Å². The maximum absolute atomic E-state index is 5.99. The van der Waals surface area contributed by atoms with Gasteiger partial charge < -0.3 is 0 Å². The molecule has 0 atom stereocenters. The fourth-order valence-corrected chi connectivity index (χ4v) is 8.82. The minimum atomic E-state index is 0.202. The quantitative estimate of drug-likeness (QED) is 0.171. The van der Waals surface area contributed by atoms with Crippen molar-refractivity contribution in [3.05, 3.63) is 232 Å². The topological polar surface area (TPSA) is 82.3 Å². The molecule has 65 heavy (non-hydrogen) atoms. The molecule has 0 amide bonds. The van der Waals surface area contributed by atoms with E-state index in [4.69, 9.17) is 26.6 Å². The van der Waals surface area contributed by atoms with Gasteiger partial charge in [0.15, 0.2) is 23.3 Å². The highest BCUT2D eigenvalue weighted by Gasteiger charge is 2.19. The SMILES string of the molecule is Brc1ccc2c(c1)-c1ccccc1C2.Brc1ccc2c(c1)c1ccccc1n2-c1nc(-c2ccccc2)nc(-c2ccccc2)n1.Clc1nc(-c2ccccc2)nc(-c2ccccc2)n1. The molecule has 3 aromatic heterocycles. The Balaban J connectivity index is 0.000000127. The van der Waals surface area contributed by atoms with Gasteiger partial charge in [-0.25, -0.2) is 9.97 Å². The summed E-state index contributed by atoms with van der Waals surface area (Å²) in [6.07, 6.45) is 1.08. The number of fused-ring (bicyclic) bond motifs is 6. The summed E-state index contributed by atoms with van der Waals surface area (Å²) in [6, 6.07) is 69.3. The van der Waals surface area contributed by atoms with E-state index >= 15 is 0 Å². The van der Waals surface area contributed by atoms with Crippen molar-refractivity contribution in [1.82, 2.24) is 34.5 Å². The number of rotatable bonds is 5. The summed E-state index contributed by atoms with van der Waals surface area (Å²) in [5.74, 6) is 3.07. The Morgan fingerprint density at radius 2 is 0.800 bits per heavy atom. The smallest absolute Gasteiger partial charge is 0.238 e. The van der Waals surface area contributed by atoms with Gasteiger partial charge in [-0.05, 0) is 76.7 Å². The average molecular weight is 990 g/mol. The van der Waals surface area contributed by atoms with Crippen molar-refractivity contribution >= 4 is 65.3 Å². The van der Waals surface area contributed by atoms with Crippen molar-refractivity contribution in [1.29, 1.82) is 0 Å². The Hall–Kier alpha value is -7.17. The van der Waals surface area contributed by atoms with Crippen molar-refractivity contribution in [3.8, 4) is 62.6 Å². The van der Waals surface area contributed by atoms with Crippen molar-refractivity contribution < 1.29 is 0 Å². The van der Waals surface area contributed by atoms with Gasteiger partial charge in [0, 0.05) is 42.0 Å². The predicted octanol–water partition coefficient (Wildman–Crippen LogP) is 14.9. The molecule has 1 aliphatic rings. The van der Waals surface area contributed by atoms with Gasteiger partial charge in [-0.15, -0.1) is 0 Å². The van der Waals surface area contributed by atoms with Crippen LogP contribution in [0.3, 0.4) is 0 Å². The van der Waals surface area contributed by atoms with Crippen molar-refractivity contribution in [2.24, 2.45) is 0 Å². The number of hydrogen-bond acceptors (Lipinski definition) is 6. The second-order valence-electron chi connectivity index (χ2n) is 15.1. The van der Waals surface area contributed by atoms with Crippen molar-refractivity contribution in [2.45, 2.75) is 6.42 Å². The summed E-state index contributed by atoms with van der Waals surface area (Å²) in [5, 5.41) is 2.51. The van der Waals surface area contributed by atoms with Crippen LogP contribution in [0.15, 0.2) is 215 Å². The largest absolute Gasteiger partial charge is 0.278 e. The first-order valence-corrected chi connectivity index (χ1v) is 22.9. The van der Waals surface area contributed by atoms with E-state index in [1.807, 2.05) is 127 Å². The van der Waals surface area contributed by atoms with E-state index in [1.54, 1.807) is 0 Å². The molecule has 1 aliphatic carbocycles. The van der Waals surface area contributed by atoms with Crippen LogP contribution in [-0.2, 0) is 6.42 Å². The Labute approximate surface area is 397 Å². The molecule has 0 fully saturated rings.